The summed E-state index contributed by atoms with van der Waals surface area (Å²) in [5.74, 6) is -0.248. The molecule has 0 saturated carbocycles. The van der Waals surface area contributed by atoms with Crippen LogP contribution in [0.2, 0.25) is 0 Å². The molecule has 7 heteroatoms. The van der Waals surface area contributed by atoms with Gasteiger partial charge in [-0.25, -0.2) is 0 Å². The van der Waals surface area contributed by atoms with Gasteiger partial charge in [0, 0.05) is 25.9 Å². The summed E-state index contributed by atoms with van der Waals surface area (Å²) in [6, 6.07) is 0. The van der Waals surface area contributed by atoms with Crippen molar-refractivity contribution >= 4 is 11.9 Å². The van der Waals surface area contributed by atoms with Crippen molar-refractivity contribution in [2.45, 2.75) is 32.9 Å². The van der Waals surface area contributed by atoms with Gasteiger partial charge in [-0.1, -0.05) is 6.92 Å². The van der Waals surface area contributed by atoms with Gasteiger partial charge in [0.2, 0.25) is 5.91 Å². The highest BCUT2D eigenvalue weighted by Crippen LogP contribution is 2.14. The fourth-order valence-corrected chi connectivity index (χ4v) is 2.08. The molecule has 7 nitrogen and oxygen atoms in total. The SMILES string of the molecule is CC(CC(=O)O)CC(=O)N1CCn2cnnc2C1. The minimum atomic E-state index is -0.867. The van der Waals surface area contributed by atoms with Crippen molar-refractivity contribution in [3.05, 3.63) is 12.2 Å². The molecule has 1 aromatic rings. The van der Waals surface area contributed by atoms with E-state index in [1.54, 1.807) is 18.2 Å². The summed E-state index contributed by atoms with van der Waals surface area (Å²) in [4.78, 5) is 24.3. The van der Waals surface area contributed by atoms with Crippen LogP contribution in [0.25, 0.3) is 0 Å². The third-order valence-corrected chi connectivity index (χ3v) is 3.04. The third kappa shape index (κ3) is 2.85. The van der Waals surface area contributed by atoms with Gasteiger partial charge in [-0.3, -0.25) is 9.59 Å². The number of carbonyl (C=O) groups is 2. The number of hydrogen-bond acceptors (Lipinski definition) is 4. The Labute approximate surface area is 104 Å². The highest BCUT2D eigenvalue weighted by atomic mass is 16.4. The molecule has 98 valence electrons. The first-order chi connectivity index (χ1) is 8.56. The van der Waals surface area contributed by atoms with Crippen LogP contribution in [0.5, 0.6) is 0 Å². The molecule has 0 spiro atoms. The molecular weight excluding hydrogens is 236 g/mol. The van der Waals surface area contributed by atoms with Crippen LogP contribution >= 0.6 is 0 Å². The van der Waals surface area contributed by atoms with E-state index in [1.165, 1.54) is 0 Å². The second-order valence-corrected chi connectivity index (χ2v) is 4.66. The third-order valence-electron chi connectivity index (χ3n) is 3.04. The highest BCUT2D eigenvalue weighted by molar-refractivity contribution is 5.77. The number of carboxylic acid groups (broad SMARTS) is 1. The Morgan fingerprint density at radius 3 is 2.94 bits per heavy atom. The number of amides is 1. The molecule has 2 heterocycles. The van der Waals surface area contributed by atoms with E-state index in [-0.39, 0.29) is 24.7 Å². The molecule has 0 aromatic carbocycles. The maximum absolute atomic E-state index is 12.0. The number of rotatable bonds is 4. The van der Waals surface area contributed by atoms with Crippen LogP contribution in [-0.2, 0) is 22.7 Å². The van der Waals surface area contributed by atoms with Gasteiger partial charge in [-0.05, 0) is 5.92 Å². The summed E-state index contributed by atoms with van der Waals surface area (Å²) in [6.45, 7) is 3.56. The summed E-state index contributed by atoms with van der Waals surface area (Å²) in [5.41, 5.74) is 0. The highest BCUT2D eigenvalue weighted by Gasteiger charge is 2.23. The average molecular weight is 252 g/mol. The molecule has 0 radical (unpaired) electrons. The Bertz CT molecular complexity index is 457. The van der Waals surface area contributed by atoms with E-state index in [0.717, 1.165) is 5.82 Å². The number of carbonyl (C=O) groups excluding carboxylic acids is 1. The number of fused-ring (bicyclic) bond motifs is 1. The summed E-state index contributed by atoms with van der Waals surface area (Å²) in [6.07, 6.45) is 1.94. The van der Waals surface area contributed by atoms with Gasteiger partial charge in [0.1, 0.15) is 6.33 Å². The summed E-state index contributed by atoms with van der Waals surface area (Å²) >= 11 is 0. The minimum Gasteiger partial charge on any atom is -0.481 e. The van der Waals surface area contributed by atoms with Crippen LogP contribution in [0.3, 0.4) is 0 Å². The summed E-state index contributed by atoms with van der Waals surface area (Å²) in [5, 5.41) is 16.4. The smallest absolute Gasteiger partial charge is 0.303 e. The zero-order valence-electron chi connectivity index (χ0n) is 10.2. The van der Waals surface area contributed by atoms with Crippen molar-refractivity contribution in [3.8, 4) is 0 Å². The zero-order valence-corrected chi connectivity index (χ0v) is 10.2. The van der Waals surface area contributed by atoms with Gasteiger partial charge in [-0.15, -0.1) is 10.2 Å². The Balaban J connectivity index is 1.89. The number of aliphatic carboxylic acids is 1. The van der Waals surface area contributed by atoms with Gasteiger partial charge >= 0.3 is 5.97 Å². The topological polar surface area (TPSA) is 88.3 Å². The van der Waals surface area contributed by atoms with E-state index >= 15 is 0 Å². The summed E-state index contributed by atoms with van der Waals surface area (Å²) in [7, 11) is 0. The standard InChI is InChI=1S/C11H16N4O3/c1-8(5-11(17)18)4-10(16)14-2-3-15-7-12-13-9(15)6-14/h7-8H,2-6H2,1H3,(H,17,18). The van der Waals surface area contributed by atoms with Crippen molar-refractivity contribution in [2.75, 3.05) is 6.54 Å². The molecule has 0 saturated heterocycles. The van der Waals surface area contributed by atoms with Gasteiger partial charge in [0.15, 0.2) is 5.82 Å². The Morgan fingerprint density at radius 2 is 2.22 bits per heavy atom. The molecule has 1 N–H and O–H groups in total. The normalized spacial score (nSPS) is 16.2. The van der Waals surface area contributed by atoms with Crippen LogP contribution in [0.15, 0.2) is 6.33 Å². The van der Waals surface area contributed by atoms with E-state index < -0.39 is 5.97 Å². The van der Waals surface area contributed by atoms with Crippen molar-refractivity contribution in [1.29, 1.82) is 0 Å². The molecule has 1 aliphatic heterocycles. The Morgan fingerprint density at radius 1 is 1.44 bits per heavy atom. The largest absolute Gasteiger partial charge is 0.481 e. The van der Waals surface area contributed by atoms with E-state index in [0.29, 0.717) is 19.6 Å². The van der Waals surface area contributed by atoms with E-state index in [4.69, 9.17) is 5.11 Å². The first-order valence-corrected chi connectivity index (χ1v) is 5.92. The maximum Gasteiger partial charge on any atom is 0.303 e. The van der Waals surface area contributed by atoms with Crippen molar-refractivity contribution in [3.63, 3.8) is 0 Å². The molecule has 1 atom stereocenters. The molecule has 18 heavy (non-hydrogen) atoms. The lowest BCUT2D eigenvalue weighted by atomic mass is 10.0. The molecule has 0 aliphatic carbocycles. The quantitative estimate of drug-likeness (QED) is 0.822. The first kappa shape index (κ1) is 12.5. The van der Waals surface area contributed by atoms with Crippen LogP contribution in [-0.4, -0.2) is 43.2 Å². The van der Waals surface area contributed by atoms with Crippen molar-refractivity contribution < 1.29 is 14.7 Å². The zero-order chi connectivity index (χ0) is 13.1. The molecule has 1 aliphatic rings. The van der Waals surface area contributed by atoms with E-state index in [9.17, 15) is 9.59 Å². The van der Waals surface area contributed by atoms with Crippen LogP contribution in [0.4, 0.5) is 0 Å². The number of carboxylic acids is 1. The van der Waals surface area contributed by atoms with Crippen LogP contribution in [0, 0.1) is 5.92 Å². The second kappa shape index (κ2) is 5.16. The van der Waals surface area contributed by atoms with Gasteiger partial charge in [0.05, 0.1) is 6.54 Å². The lowest BCUT2D eigenvalue weighted by Crippen LogP contribution is -2.39. The Hall–Kier alpha value is -1.92. The van der Waals surface area contributed by atoms with Crippen LogP contribution < -0.4 is 0 Å². The monoisotopic (exact) mass is 252 g/mol. The lowest BCUT2D eigenvalue weighted by molar-refractivity contribution is -0.138. The predicted octanol–water partition coefficient (Wildman–Crippen LogP) is 0.121. The molecule has 0 fully saturated rings. The van der Waals surface area contributed by atoms with E-state index in [2.05, 4.69) is 10.2 Å². The first-order valence-electron chi connectivity index (χ1n) is 5.92. The van der Waals surface area contributed by atoms with Gasteiger partial charge in [-0.2, -0.15) is 0 Å². The fraction of sp³-hybridized carbons (Fsp3) is 0.636. The lowest BCUT2D eigenvalue weighted by Gasteiger charge is -2.27. The number of hydrogen-bond donors (Lipinski definition) is 1. The second-order valence-electron chi connectivity index (χ2n) is 4.66. The maximum atomic E-state index is 12.0. The molecule has 2 rings (SSSR count). The molecule has 1 aromatic heterocycles. The van der Waals surface area contributed by atoms with Gasteiger partial charge < -0.3 is 14.6 Å². The summed E-state index contributed by atoms with van der Waals surface area (Å²) < 4.78 is 1.92. The number of aromatic nitrogens is 3. The minimum absolute atomic E-state index is 0.0157. The molecular formula is C11H16N4O3. The van der Waals surface area contributed by atoms with Crippen LogP contribution in [0.1, 0.15) is 25.6 Å². The molecule has 0 bridgehead atoms. The Kier molecular flexibility index (Phi) is 3.59. The van der Waals surface area contributed by atoms with Crippen molar-refractivity contribution in [2.24, 2.45) is 5.92 Å². The predicted molar refractivity (Wildman–Crippen MR) is 61.5 cm³/mol. The molecule has 1 amide bonds. The molecule has 1 unspecified atom stereocenters. The van der Waals surface area contributed by atoms with Crippen molar-refractivity contribution in [1.82, 2.24) is 19.7 Å². The number of nitrogens with zero attached hydrogens (tertiary/aromatic N) is 4. The van der Waals surface area contributed by atoms with E-state index in [1.807, 2.05) is 4.57 Å². The van der Waals surface area contributed by atoms with Gasteiger partial charge in [0.25, 0.3) is 0 Å². The average Bonchev–Trinajstić information content (AvgIpc) is 2.74. The fourth-order valence-electron chi connectivity index (χ4n) is 2.08.